The van der Waals surface area contributed by atoms with Crippen molar-refractivity contribution in [3.63, 3.8) is 0 Å². The molecule has 94 heavy (non-hydrogen) atoms. The van der Waals surface area contributed by atoms with Gasteiger partial charge in [-0.1, -0.05) is 331 Å². The molecule has 0 heterocycles. The van der Waals surface area contributed by atoms with Crippen molar-refractivity contribution in [3.8, 4) is 0 Å². The van der Waals surface area contributed by atoms with Crippen LogP contribution in [0.5, 0.6) is 0 Å². The highest BCUT2D eigenvalue weighted by molar-refractivity contribution is 7.47. The first-order valence-electron chi connectivity index (χ1n) is 38.8. The van der Waals surface area contributed by atoms with Crippen LogP contribution < -0.4 is 0 Å². The van der Waals surface area contributed by atoms with Gasteiger partial charge >= 0.3 is 39.5 Å². The number of hydrogen-bond acceptors (Lipinski definition) is 15. The summed E-state index contributed by atoms with van der Waals surface area (Å²) in [6.07, 6.45) is 51.6. The van der Waals surface area contributed by atoms with Crippen LogP contribution in [0.25, 0.3) is 0 Å². The van der Waals surface area contributed by atoms with Crippen LogP contribution in [0.4, 0.5) is 0 Å². The topological polar surface area (TPSA) is 237 Å². The van der Waals surface area contributed by atoms with Gasteiger partial charge in [-0.2, -0.15) is 0 Å². The zero-order valence-electron chi connectivity index (χ0n) is 61.4. The van der Waals surface area contributed by atoms with Crippen molar-refractivity contribution >= 4 is 39.5 Å². The van der Waals surface area contributed by atoms with Gasteiger partial charge in [-0.3, -0.25) is 37.3 Å². The molecule has 17 nitrogen and oxygen atoms in total. The Labute approximate surface area is 575 Å². The van der Waals surface area contributed by atoms with E-state index in [-0.39, 0.29) is 25.7 Å². The van der Waals surface area contributed by atoms with Crippen LogP contribution in [0, 0.1) is 17.8 Å². The van der Waals surface area contributed by atoms with Gasteiger partial charge in [0.1, 0.15) is 19.3 Å². The maximum Gasteiger partial charge on any atom is 0.472 e. The van der Waals surface area contributed by atoms with Crippen molar-refractivity contribution < 1.29 is 80.2 Å². The molecule has 0 aromatic rings. The summed E-state index contributed by atoms with van der Waals surface area (Å²) in [4.78, 5) is 72.6. The van der Waals surface area contributed by atoms with Crippen LogP contribution >= 0.6 is 15.6 Å². The van der Waals surface area contributed by atoms with E-state index in [1.807, 2.05) is 0 Å². The molecule has 0 radical (unpaired) electrons. The molecule has 0 amide bonds. The van der Waals surface area contributed by atoms with Gasteiger partial charge in [0.2, 0.25) is 0 Å². The van der Waals surface area contributed by atoms with Crippen LogP contribution in [0.3, 0.4) is 0 Å². The van der Waals surface area contributed by atoms with E-state index in [0.717, 1.165) is 102 Å². The monoisotopic (exact) mass is 1380 g/mol. The molecule has 0 bridgehead atoms. The number of ether oxygens (including phenoxy) is 4. The van der Waals surface area contributed by atoms with Crippen LogP contribution in [0.15, 0.2) is 0 Å². The molecule has 0 saturated carbocycles. The van der Waals surface area contributed by atoms with Gasteiger partial charge in [0.05, 0.1) is 26.4 Å². The zero-order chi connectivity index (χ0) is 69.4. The van der Waals surface area contributed by atoms with Gasteiger partial charge in [0.25, 0.3) is 0 Å². The molecule has 3 N–H and O–H groups in total. The third kappa shape index (κ3) is 68.6. The number of aliphatic hydroxyl groups excluding tert-OH is 1. The highest BCUT2D eigenvalue weighted by Crippen LogP contribution is 2.45. The van der Waals surface area contributed by atoms with Crippen LogP contribution in [0.2, 0.25) is 0 Å². The lowest BCUT2D eigenvalue weighted by atomic mass is 10.0. The van der Waals surface area contributed by atoms with Gasteiger partial charge in [-0.05, 0) is 43.4 Å². The largest absolute Gasteiger partial charge is 0.472 e. The van der Waals surface area contributed by atoms with Crippen LogP contribution in [0.1, 0.15) is 382 Å². The molecule has 0 fully saturated rings. The summed E-state index contributed by atoms with van der Waals surface area (Å²) >= 11 is 0. The van der Waals surface area contributed by atoms with E-state index in [9.17, 15) is 43.2 Å². The van der Waals surface area contributed by atoms with Crippen LogP contribution in [-0.2, 0) is 65.4 Å². The van der Waals surface area contributed by atoms with Crippen molar-refractivity contribution in [2.75, 3.05) is 39.6 Å². The summed E-state index contributed by atoms with van der Waals surface area (Å²) in [7, 11) is -9.90. The quantitative estimate of drug-likeness (QED) is 0.0222. The standard InChI is InChI=1S/C75H146O17P2/c1-8-9-10-11-12-27-34-42-49-56-72(77)85-63-71(92-75(80)59-52-45-38-37-41-48-55-68(6)7)65-90-94(83,84)88-61-69(76)60-87-93(81,82)89-64-70(62-86-73(78)57-50-43-35-30-25-21-18-17-20-24-29-33-40-47-54-67(4)5)91-74(79)58-51-44-36-31-26-22-16-14-13-15-19-23-28-32-39-46-53-66(2)3/h66-71,76H,8-65H2,1-7H3,(H,81,82)(H,83,84)/t69-,70-,71-/m1/s1. The van der Waals surface area contributed by atoms with Crippen LogP contribution in [-0.4, -0.2) is 96.7 Å². The minimum Gasteiger partial charge on any atom is -0.462 e. The fraction of sp³-hybridized carbons (Fsp3) is 0.947. The van der Waals surface area contributed by atoms with Crippen molar-refractivity contribution in [2.45, 2.75) is 401 Å². The Kier molecular flexibility index (Phi) is 64.3. The van der Waals surface area contributed by atoms with Crippen molar-refractivity contribution in [2.24, 2.45) is 17.8 Å². The van der Waals surface area contributed by atoms with Gasteiger partial charge in [0, 0.05) is 25.7 Å². The third-order valence-corrected chi connectivity index (χ3v) is 19.3. The lowest BCUT2D eigenvalue weighted by Crippen LogP contribution is -2.30. The smallest absolute Gasteiger partial charge is 0.462 e. The molecule has 0 rings (SSSR count). The molecule has 0 saturated heterocycles. The molecule has 2 unspecified atom stereocenters. The second-order valence-electron chi connectivity index (χ2n) is 28.5. The number of hydrogen-bond donors (Lipinski definition) is 3. The Bertz CT molecular complexity index is 1840. The van der Waals surface area contributed by atoms with E-state index in [0.29, 0.717) is 31.6 Å². The Morgan fingerprint density at radius 3 is 0.723 bits per heavy atom. The number of phosphoric acid groups is 2. The third-order valence-electron chi connectivity index (χ3n) is 17.4. The molecule has 0 spiro atoms. The minimum absolute atomic E-state index is 0.102. The maximum absolute atomic E-state index is 13.1. The summed E-state index contributed by atoms with van der Waals surface area (Å²) in [6.45, 7) is 11.8. The second-order valence-corrected chi connectivity index (χ2v) is 31.4. The number of aliphatic hydroxyl groups is 1. The fourth-order valence-corrected chi connectivity index (χ4v) is 13.0. The maximum atomic E-state index is 13.1. The van der Waals surface area contributed by atoms with Crippen molar-refractivity contribution in [1.82, 2.24) is 0 Å². The predicted molar refractivity (Wildman–Crippen MR) is 381 cm³/mol. The number of carbonyl (C=O) groups is 4. The van der Waals surface area contributed by atoms with E-state index in [4.69, 9.17) is 37.0 Å². The summed E-state index contributed by atoms with van der Waals surface area (Å²) in [5, 5.41) is 10.6. The van der Waals surface area contributed by atoms with Gasteiger partial charge in [-0.25, -0.2) is 9.13 Å². The predicted octanol–water partition coefficient (Wildman–Crippen LogP) is 21.8. The second kappa shape index (κ2) is 65.7. The molecule has 0 aromatic carbocycles. The highest BCUT2D eigenvalue weighted by atomic mass is 31.2. The molecule has 5 atom stereocenters. The van der Waals surface area contributed by atoms with E-state index in [1.54, 1.807) is 0 Å². The van der Waals surface area contributed by atoms with E-state index in [2.05, 4.69) is 48.5 Å². The number of rotatable bonds is 73. The first-order valence-corrected chi connectivity index (χ1v) is 41.8. The van der Waals surface area contributed by atoms with Crippen molar-refractivity contribution in [3.05, 3.63) is 0 Å². The first-order chi connectivity index (χ1) is 45.2. The van der Waals surface area contributed by atoms with E-state index >= 15 is 0 Å². The summed E-state index contributed by atoms with van der Waals surface area (Å²) in [6, 6.07) is 0. The van der Waals surface area contributed by atoms with Gasteiger partial charge < -0.3 is 33.8 Å². The molecule has 0 aliphatic rings. The van der Waals surface area contributed by atoms with E-state index < -0.39 is 97.5 Å². The van der Waals surface area contributed by atoms with Gasteiger partial charge in [-0.15, -0.1) is 0 Å². The zero-order valence-corrected chi connectivity index (χ0v) is 63.2. The molecule has 19 heteroatoms. The number of unbranched alkanes of at least 4 members (excludes halogenated alkanes) is 41. The Morgan fingerprint density at radius 2 is 0.489 bits per heavy atom. The lowest BCUT2D eigenvalue weighted by molar-refractivity contribution is -0.161. The number of phosphoric ester groups is 2. The summed E-state index contributed by atoms with van der Waals surface area (Å²) in [5.74, 6) is 0.153. The number of esters is 4. The Morgan fingerprint density at radius 1 is 0.287 bits per heavy atom. The minimum atomic E-state index is -4.96. The molecule has 558 valence electrons. The normalized spacial score (nSPS) is 14.1. The average Bonchev–Trinajstić information content (AvgIpc) is 1.56. The SMILES string of the molecule is CCCCCCCCCCCC(=O)OC[C@H](COP(=O)(O)OC[C@H](O)COP(=O)(O)OC[C@@H](COC(=O)CCCCCCCCCCCCCCCCC(C)C)OC(=O)CCCCCCCCCCCCCCCCCCC(C)C)OC(=O)CCCCCCCCC(C)C. The van der Waals surface area contributed by atoms with E-state index in [1.165, 1.54) is 193 Å². The lowest BCUT2D eigenvalue weighted by Gasteiger charge is -2.21. The molecule has 0 aromatic heterocycles. The van der Waals surface area contributed by atoms with Gasteiger partial charge in [0.15, 0.2) is 12.2 Å². The Balaban J connectivity index is 5.19. The molecule has 0 aliphatic heterocycles. The van der Waals surface area contributed by atoms with Crippen molar-refractivity contribution in [1.29, 1.82) is 0 Å². The fourth-order valence-electron chi connectivity index (χ4n) is 11.4. The highest BCUT2D eigenvalue weighted by Gasteiger charge is 2.30. The molecular formula is C75H146O17P2. The summed E-state index contributed by atoms with van der Waals surface area (Å²) < 4.78 is 68.4. The molecule has 0 aliphatic carbocycles. The average molecular weight is 1380 g/mol. The summed E-state index contributed by atoms with van der Waals surface area (Å²) in [5.41, 5.74) is 0. The molecular weight excluding hydrogens is 1230 g/mol. The Hall–Kier alpha value is -1.94. The number of carbonyl (C=O) groups excluding carboxylic acids is 4. The first kappa shape index (κ1) is 92.1.